The molecule has 0 amide bonds. The number of furan rings is 1. The van der Waals surface area contributed by atoms with Gasteiger partial charge in [0, 0.05) is 34.1 Å². The second-order valence-corrected chi connectivity index (χ2v) is 17.4. The van der Waals surface area contributed by atoms with Crippen LogP contribution in [0.2, 0.25) is 0 Å². The molecule has 6 aromatic carbocycles. The van der Waals surface area contributed by atoms with E-state index in [4.69, 9.17) is 10.8 Å². The molecule has 0 fully saturated rings. The summed E-state index contributed by atoms with van der Waals surface area (Å²) in [5.41, 5.74) is 12.2. The molecule has 320 valence electrons. The van der Waals surface area contributed by atoms with Crippen LogP contribution in [0, 0.1) is 30.1 Å². The van der Waals surface area contributed by atoms with Crippen LogP contribution in [-0.4, -0.2) is 6.04 Å². The van der Waals surface area contributed by atoms with Crippen LogP contribution in [-0.2, 0) is 5.41 Å². The van der Waals surface area contributed by atoms with Gasteiger partial charge < -0.3 is 9.32 Å². The molecule has 3 aliphatic rings. The molecule has 0 bridgehead atoms. The van der Waals surface area contributed by atoms with E-state index in [0.717, 1.165) is 84.3 Å². The van der Waals surface area contributed by atoms with Crippen molar-refractivity contribution < 1.29 is 8.81 Å². The maximum atomic E-state index is 18.2. The third kappa shape index (κ3) is 7.38. The van der Waals surface area contributed by atoms with Crippen molar-refractivity contribution in [3.63, 3.8) is 0 Å². The standard InChI is InChI=1S/C63H50FNO/c1-5-19-56-59(6-2)66-60-29-18-15-24-53(62(56)60)49-36-40-52(41-37-49)65(51-38-34-48(35-39-51)47-32-30-46(31-33-47)45-20-9-7-10-21-45)44(4)43(3)42-61(64)63(50-22-11-8-12-23-50)57-27-16-13-25-54(57)55-26-14-17-28-58(55)63/h1,6-14,16-20,22-23,25-45,53H,21H2,2-4H3/b56-19+,59-6+,61-42-. The van der Waals surface area contributed by atoms with Gasteiger partial charge in [0.2, 0.25) is 0 Å². The number of hydrogen-bond donors (Lipinski definition) is 0. The Labute approximate surface area is 388 Å². The van der Waals surface area contributed by atoms with E-state index in [-0.39, 0.29) is 23.7 Å². The number of terminal acetylenes is 1. The summed E-state index contributed by atoms with van der Waals surface area (Å²) in [6, 6.07) is 52.8. The molecule has 66 heavy (non-hydrogen) atoms. The Hall–Kier alpha value is -7.85. The SMILES string of the molecule is C#C/C=c1/c2c(o/c1=C/C)C=CC#CC2c1ccc(N(c2ccc(-c3ccc(C4C=CC=CC4)cc3)cc2)C(C)C(C)/C=C(\F)C2(c3ccccc3)c3ccccc3-c3ccccc32)cc1. The fourth-order valence-corrected chi connectivity index (χ4v) is 10.3. The van der Waals surface area contributed by atoms with Gasteiger partial charge in [-0.25, -0.2) is 4.39 Å². The Bertz CT molecular complexity index is 3240. The first kappa shape index (κ1) is 42.1. The second kappa shape index (κ2) is 18.0. The summed E-state index contributed by atoms with van der Waals surface area (Å²) >= 11 is 0. The Morgan fingerprint density at radius 3 is 2.00 bits per heavy atom. The van der Waals surface area contributed by atoms with Gasteiger partial charge in [-0.05, 0) is 131 Å². The van der Waals surface area contributed by atoms with E-state index in [1.54, 1.807) is 6.08 Å². The molecule has 3 heteroatoms. The predicted molar refractivity (Wildman–Crippen MR) is 272 cm³/mol. The molecule has 1 aromatic heterocycles. The number of hydrogen-bond acceptors (Lipinski definition) is 2. The van der Waals surface area contributed by atoms with Gasteiger partial charge in [-0.2, -0.15) is 0 Å². The molecule has 0 saturated carbocycles. The number of allylic oxidation sites excluding steroid dienone is 6. The van der Waals surface area contributed by atoms with Gasteiger partial charge in [-0.15, -0.1) is 6.42 Å². The van der Waals surface area contributed by atoms with Gasteiger partial charge in [0.05, 0.1) is 11.3 Å². The number of fused-ring (bicyclic) bond motifs is 4. The molecule has 0 N–H and O–H groups in total. The molecule has 0 spiro atoms. The Kier molecular flexibility index (Phi) is 11.5. The summed E-state index contributed by atoms with van der Waals surface area (Å²) in [4.78, 5) is 2.34. The minimum absolute atomic E-state index is 0.175. The summed E-state index contributed by atoms with van der Waals surface area (Å²) in [7, 11) is 0. The summed E-state index contributed by atoms with van der Waals surface area (Å²) < 4.78 is 24.5. The minimum atomic E-state index is -1.10. The van der Waals surface area contributed by atoms with Crippen molar-refractivity contribution in [3.05, 3.63) is 244 Å². The highest BCUT2D eigenvalue weighted by Gasteiger charge is 2.48. The first-order valence-electron chi connectivity index (χ1n) is 22.9. The first-order chi connectivity index (χ1) is 32.4. The Morgan fingerprint density at radius 1 is 0.773 bits per heavy atom. The maximum Gasteiger partial charge on any atom is 0.133 e. The van der Waals surface area contributed by atoms with E-state index in [9.17, 15) is 0 Å². The number of benzene rings is 6. The highest BCUT2D eigenvalue weighted by atomic mass is 19.1. The molecular weight excluding hydrogens is 806 g/mol. The molecule has 4 unspecified atom stereocenters. The highest BCUT2D eigenvalue weighted by Crippen LogP contribution is 2.57. The van der Waals surface area contributed by atoms with Gasteiger partial charge in [0.25, 0.3) is 0 Å². The van der Waals surface area contributed by atoms with E-state index in [1.165, 1.54) is 5.56 Å². The Balaban J connectivity index is 1.05. The van der Waals surface area contributed by atoms with Crippen molar-refractivity contribution in [2.75, 3.05) is 4.90 Å². The summed E-state index contributed by atoms with van der Waals surface area (Å²) in [5, 5.41) is 0.876. The van der Waals surface area contributed by atoms with Crippen LogP contribution in [0.15, 0.2) is 198 Å². The average molecular weight is 856 g/mol. The van der Waals surface area contributed by atoms with E-state index in [0.29, 0.717) is 5.92 Å². The monoisotopic (exact) mass is 855 g/mol. The van der Waals surface area contributed by atoms with E-state index in [2.05, 4.69) is 170 Å². The molecule has 1 heterocycles. The smallest absolute Gasteiger partial charge is 0.133 e. The van der Waals surface area contributed by atoms with Crippen molar-refractivity contribution in [2.45, 2.75) is 50.5 Å². The summed E-state index contributed by atoms with van der Waals surface area (Å²) in [6.07, 6.45) is 24.9. The van der Waals surface area contributed by atoms with Gasteiger partial charge in [-0.1, -0.05) is 176 Å². The maximum absolute atomic E-state index is 18.2. The summed E-state index contributed by atoms with van der Waals surface area (Å²) in [6.45, 7) is 6.28. The lowest BCUT2D eigenvalue weighted by Gasteiger charge is -2.36. The zero-order valence-corrected chi connectivity index (χ0v) is 37.5. The van der Waals surface area contributed by atoms with Crippen LogP contribution in [0.5, 0.6) is 0 Å². The average Bonchev–Trinajstić information content (AvgIpc) is 3.78. The molecule has 3 aliphatic carbocycles. The quantitative estimate of drug-likeness (QED) is 0.127. The van der Waals surface area contributed by atoms with Crippen LogP contribution >= 0.6 is 0 Å². The molecule has 2 nitrogen and oxygen atoms in total. The van der Waals surface area contributed by atoms with Crippen LogP contribution in [0.3, 0.4) is 0 Å². The van der Waals surface area contributed by atoms with Crippen LogP contribution in [0.4, 0.5) is 15.8 Å². The number of anilines is 2. The number of nitrogens with zero attached hydrogens (tertiary/aromatic N) is 1. The highest BCUT2D eigenvalue weighted by molar-refractivity contribution is 5.85. The minimum Gasteiger partial charge on any atom is -0.457 e. The second-order valence-electron chi connectivity index (χ2n) is 17.4. The molecule has 0 saturated heterocycles. The van der Waals surface area contributed by atoms with Crippen molar-refractivity contribution >= 4 is 29.6 Å². The third-order valence-electron chi connectivity index (χ3n) is 13.8. The zero-order chi connectivity index (χ0) is 45.2. The number of halogens is 1. The third-order valence-corrected chi connectivity index (χ3v) is 13.8. The predicted octanol–water partition coefficient (Wildman–Crippen LogP) is 14.0. The van der Waals surface area contributed by atoms with Crippen molar-refractivity contribution in [3.8, 4) is 46.4 Å². The molecule has 4 atom stereocenters. The van der Waals surface area contributed by atoms with Crippen molar-refractivity contribution in [1.29, 1.82) is 0 Å². The zero-order valence-electron chi connectivity index (χ0n) is 37.5. The lowest BCUT2D eigenvalue weighted by Crippen LogP contribution is -2.34. The topological polar surface area (TPSA) is 16.4 Å². The normalized spacial score (nSPS) is 18.0. The lowest BCUT2D eigenvalue weighted by atomic mass is 9.70. The number of rotatable bonds is 10. The van der Waals surface area contributed by atoms with Gasteiger partial charge >= 0.3 is 0 Å². The van der Waals surface area contributed by atoms with Crippen LogP contribution < -0.4 is 15.5 Å². The molecule has 10 rings (SSSR count). The molecule has 0 radical (unpaired) electrons. The largest absolute Gasteiger partial charge is 0.457 e. The van der Waals surface area contributed by atoms with E-state index < -0.39 is 5.41 Å². The lowest BCUT2D eigenvalue weighted by molar-refractivity contribution is 0.481. The van der Waals surface area contributed by atoms with Crippen molar-refractivity contribution in [1.82, 2.24) is 0 Å². The van der Waals surface area contributed by atoms with Crippen LogP contribution in [0.25, 0.3) is 40.5 Å². The van der Waals surface area contributed by atoms with Crippen LogP contribution in [0.1, 0.15) is 78.2 Å². The van der Waals surface area contributed by atoms with Gasteiger partial charge in [0.15, 0.2) is 0 Å². The molecular formula is C63H50FNO. The fourth-order valence-electron chi connectivity index (χ4n) is 10.3. The fraction of sp³-hybridized carbons (Fsp3) is 0.143. The van der Waals surface area contributed by atoms with Crippen molar-refractivity contribution in [2.24, 2.45) is 5.92 Å². The Morgan fingerprint density at radius 2 is 1.38 bits per heavy atom. The van der Waals surface area contributed by atoms with Gasteiger partial charge in [0.1, 0.15) is 17.0 Å². The van der Waals surface area contributed by atoms with E-state index >= 15 is 4.39 Å². The first-order valence-corrected chi connectivity index (χ1v) is 22.9. The van der Waals surface area contributed by atoms with E-state index in [1.807, 2.05) is 73.7 Å². The molecule has 7 aromatic rings. The van der Waals surface area contributed by atoms with Gasteiger partial charge in [-0.3, -0.25) is 0 Å². The summed E-state index contributed by atoms with van der Waals surface area (Å²) in [5.74, 6) is 9.86. The molecule has 0 aliphatic heterocycles.